The highest BCUT2D eigenvalue weighted by atomic mass is 16.6. The molecule has 0 spiro atoms. The smallest absolute Gasteiger partial charge is 0.306 e. The van der Waals surface area contributed by atoms with Gasteiger partial charge in [-0.2, -0.15) is 5.06 Å². The van der Waals surface area contributed by atoms with Crippen molar-refractivity contribution >= 4 is 5.97 Å². The lowest BCUT2D eigenvalue weighted by Crippen LogP contribution is -2.68. The minimum atomic E-state index is -0.818. The zero-order chi connectivity index (χ0) is 15.6. The van der Waals surface area contributed by atoms with E-state index >= 15 is 0 Å². The highest BCUT2D eigenvalue weighted by Gasteiger charge is 2.53. The van der Waals surface area contributed by atoms with Crippen molar-refractivity contribution < 1.29 is 19.8 Å². The standard InChI is InChI=1S/C15H29NO4/c1-6-7-8-9-12(18)20-13-11(17)10-14(2,3)16(19)15(13,4)5/h11,13,17,19H,6-10H2,1-5H3. The van der Waals surface area contributed by atoms with Crippen molar-refractivity contribution in [2.24, 2.45) is 0 Å². The van der Waals surface area contributed by atoms with Gasteiger partial charge in [-0.1, -0.05) is 19.8 Å². The third-order valence-electron chi connectivity index (χ3n) is 4.12. The van der Waals surface area contributed by atoms with E-state index < -0.39 is 23.3 Å². The Kier molecular flexibility index (Phi) is 5.58. The summed E-state index contributed by atoms with van der Waals surface area (Å²) in [6.07, 6.45) is 2.08. The minimum absolute atomic E-state index is 0.302. The zero-order valence-corrected chi connectivity index (χ0v) is 13.3. The average Bonchev–Trinajstić information content (AvgIpc) is 2.33. The number of carbonyl (C=O) groups is 1. The molecular formula is C15H29NO4. The van der Waals surface area contributed by atoms with Gasteiger partial charge >= 0.3 is 5.97 Å². The Morgan fingerprint density at radius 2 is 1.90 bits per heavy atom. The van der Waals surface area contributed by atoms with Crippen LogP contribution in [0.5, 0.6) is 0 Å². The van der Waals surface area contributed by atoms with Crippen LogP contribution >= 0.6 is 0 Å². The Balaban J connectivity index is 2.71. The molecule has 5 heteroatoms. The number of hydrogen-bond acceptors (Lipinski definition) is 5. The Morgan fingerprint density at radius 1 is 1.30 bits per heavy atom. The van der Waals surface area contributed by atoms with E-state index in [1.54, 1.807) is 13.8 Å². The summed E-state index contributed by atoms with van der Waals surface area (Å²) in [5.74, 6) is -0.302. The first-order valence-electron chi connectivity index (χ1n) is 7.49. The summed E-state index contributed by atoms with van der Waals surface area (Å²) in [4.78, 5) is 11.9. The van der Waals surface area contributed by atoms with Crippen LogP contribution < -0.4 is 0 Å². The summed E-state index contributed by atoms with van der Waals surface area (Å²) in [7, 11) is 0. The second-order valence-electron chi connectivity index (χ2n) is 6.92. The van der Waals surface area contributed by atoms with Gasteiger partial charge in [0.1, 0.15) is 6.10 Å². The first-order chi connectivity index (χ1) is 9.13. The molecule has 0 amide bonds. The fourth-order valence-corrected chi connectivity index (χ4v) is 3.02. The van der Waals surface area contributed by atoms with Gasteiger partial charge < -0.3 is 15.1 Å². The predicted molar refractivity (Wildman–Crippen MR) is 76.4 cm³/mol. The number of aliphatic hydroxyl groups excluding tert-OH is 1. The normalized spacial score (nSPS) is 29.1. The fraction of sp³-hybridized carbons (Fsp3) is 0.933. The fourth-order valence-electron chi connectivity index (χ4n) is 3.02. The summed E-state index contributed by atoms with van der Waals surface area (Å²) in [6, 6.07) is 0. The molecule has 1 aliphatic rings. The molecule has 2 atom stereocenters. The van der Waals surface area contributed by atoms with Gasteiger partial charge in [0.05, 0.1) is 11.6 Å². The predicted octanol–water partition coefficient (Wildman–Crippen LogP) is 2.49. The van der Waals surface area contributed by atoms with E-state index in [2.05, 4.69) is 6.92 Å². The lowest BCUT2D eigenvalue weighted by Gasteiger charge is -2.53. The van der Waals surface area contributed by atoms with Crippen molar-refractivity contribution in [3.05, 3.63) is 0 Å². The van der Waals surface area contributed by atoms with Crippen LogP contribution in [0, 0.1) is 0 Å². The monoisotopic (exact) mass is 287 g/mol. The molecule has 5 nitrogen and oxygen atoms in total. The maximum absolute atomic E-state index is 11.9. The molecule has 1 heterocycles. The lowest BCUT2D eigenvalue weighted by molar-refractivity contribution is -0.293. The third-order valence-corrected chi connectivity index (χ3v) is 4.12. The van der Waals surface area contributed by atoms with Gasteiger partial charge in [-0.3, -0.25) is 4.79 Å². The van der Waals surface area contributed by atoms with Crippen molar-refractivity contribution in [2.45, 2.75) is 90.0 Å². The Morgan fingerprint density at radius 3 is 2.45 bits per heavy atom. The number of piperidine rings is 1. The number of ether oxygens (including phenoxy) is 1. The number of nitrogens with zero attached hydrogens (tertiary/aromatic N) is 1. The summed E-state index contributed by atoms with van der Waals surface area (Å²) >= 11 is 0. The highest BCUT2D eigenvalue weighted by Crippen LogP contribution is 2.38. The van der Waals surface area contributed by atoms with E-state index in [9.17, 15) is 15.1 Å². The van der Waals surface area contributed by atoms with Gasteiger partial charge in [-0.05, 0) is 40.5 Å². The van der Waals surface area contributed by atoms with Crippen LogP contribution in [0.4, 0.5) is 0 Å². The van der Waals surface area contributed by atoms with E-state index in [1.807, 2.05) is 13.8 Å². The van der Waals surface area contributed by atoms with E-state index in [0.29, 0.717) is 12.8 Å². The first kappa shape index (κ1) is 17.4. The van der Waals surface area contributed by atoms with Crippen molar-refractivity contribution in [1.82, 2.24) is 5.06 Å². The van der Waals surface area contributed by atoms with Crippen LogP contribution in [-0.2, 0) is 9.53 Å². The molecule has 0 aromatic heterocycles. The maximum Gasteiger partial charge on any atom is 0.306 e. The van der Waals surface area contributed by atoms with Crippen LogP contribution in [0.15, 0.2) is 0 Å². The molecule has 2 N–H and O–H groups in total. The number of esters is 1. The molecular weight excluding hydrogens is 258 g/mol. The molecule has 2 unspecified atom stereocenters. The van der Waals surface area contributed by atoms with Crippen molar-refractivity contribution in [3.63, 3.8) is 0 Å². The van der Waals surface area contributed by atoms with Crippen LogP contribution in [0.2, 0.25) is 0 Å². The van der Waals surface area contributed by atoms with E-state index in [-0.39, 0.29) is 5.97 Å². The van der Waals surface area contributed by atoms with Gasteiger partial charge in [0, 0.05) is 12.0 Å². The minimum Gasteiger partial charge on any atom is -0.458 e. The molecule has 1 saturated heterocycles. The summed E-state index contributed by atoms with van der Waals surface area (Å²) < 4.78 is 5.44. The Labute approximate surface area is 121 Å². The molecule has 118 valence electrons. The molecule has 1 aliphatic heterocycles. The van der Waals surface area contributed by atoms with Crippen LogP contribution in [0.25, 0.3) is 0 Å². The second kappa shape index (κ2) is 6.41. The number of rotatable bonds is 5. The van der Waals surface area contributed by atoms with Crippen LogP contribution in [-0.4, -0.2) is 44.6 Å². The molecule has 0 saturated carbocycles. The molecule has 0 aliphatic carbocycles. The number of carbonyl (C=O) groups excluding carboxylic acids is 1. The number of hydroxylamine groups is 2. The molecule has 1 rings (SSSR count). The second-order valence-corrected chi connectivity index (χ2v) is 6.92. The number of hydrogen-bond donors (Lipinski definition) is 2. The SMILES string of the molecule is CCCCCC(=O)OC1C(O)CC(C)(C)N(O)C1(C)C. The van der Waals surface area contributed by atoms with E-state index in [0.717, 1.165) is 19.3 Å². The number of aliphatic hydroxyl groups is 1. The van der Waals surface area contributed by atoms with Crippen LogP contribution in [0.1, 0.15) is 66.7 Å². The molecule has 0 bridgehead atoms. The Bertz CT molecular complexity index is 341. The van der Waals surface area contributed by atoms with Gasteiger partial charge in [0.2, 0.25) is 0 Å². The van der Waals surface area contributed by atoms with E-state index in [1.165, 1.54) is 5.06 Å². The zero-order valence-electron chi connectivity index (χ0n) is 13.3. The largest absolute Gasteiger partial charge is 0.458 e. The summed E-state index contributed by atoms with van der Waals surface area (Å²) in [6.45, 7) is 9.35. The van der Waals surface area contributed by atoms with Gasteiger partial charge in [0.25, 0.3) is 0 Å². The number of unbranched alkanes of at least 4 members (excludes halogenated alkanes) is 2. The van der Waals surface area contributed by atoms with Gasteiger partial charge in [-0.15, -0.1) is 0 Å². The Hall–Kier alpha value is -0.650. The quantitative estimate of drug-likeness (QED) is 0.600. The van der Waals surface area contributed by atoms with Crippen molar-refractivity contribution in [2.75, 3.05) is 0 Å². The van der Waals surface area contributed by atoms with Crippen molar-refractivity contribution in [3.8, 4) is 0 Å². The van der Waals surface area contributed by atoms with E-state index in [4.69, 9.17) is 4.74 Å². The topological polar surface area (TPSA) is 70.0 Å². The average molecular weight is 287 g/mol. The molecule has 20 heavy (non-hydrogen) atoms. The summed E-state index contributed by atoms with van der Waals surface area (Å²) in [5.41, 5.74) is -1.37. The highest BCUT2D eigenvalue weighted by molar-refractivity contribution is 5.69. The van der Waals surface area contributed by atoms with Gasteiger partial charge in [-0.25, -0.2) is 0 Å². The summed E-state index contributed by atoms with van der Waals surface area (Å²) in [5, 5.41) is 21.8. The molecule has 0 aromatic rings. The maximum atomic E-state index is 11.9. The van der Waals surface area contributed by atoms with Crippen LogP contribution in [0.3, 0.4) is 0 Å². The lowest BCUT2D eigenvalue weighted by atomic mass is 9.78. The van der Waals surface area contributed by atoms with Gasteiger partial charge in [0.15, 0.2) is 0 Å². The molecule has 1 fully saturated rings. The molecule has 0 radical (unpaired) electrons. The van der Waals surface area contributed by atoms with Crippen molar-refractivity contribution in [1.29, 1.82) is 0 Å². The third kappa shape index (κ3) is 3.71. The first-order valence-corrected chi connectivity index (χ1v) is 7.49. The molecule has 0 aromatic carbocycles.